The highest BCUT2D eigenvalue weighted by atomic mass is 35.5. The SMILES string of the molecule is CCCCCN(Cc1cccn1Cc1cccc(C)c1)C(=O)C(C)Cl. The predicted octanol–water partition coefficient (Wildman–Crippen LogP) is 4.99. The molecule has 1 amide bonds. The molecule has 1 aromatic heterocycles. The second kappa shape index (κ2) is 9.67. The first-order valence-corrected chi connectivity index (χ1v) is 9.57. The van der Waals surface area contributed by atoms with Crippen LogP contribution in [-0.2, 0) is 17.9 Å². The monoisotopic (exact) mass is 360 g/mol. The molecule has 2 rings (SSSR count). The van der Waals surface area contributed by atoms with Crippen LogP contribution >= 0.6 is 11.6 Å². The van der Waals surface area contributed by atoms with Crippen LogP contribution in [0.1, 0.15) is 49.9 Å². The molecule has 0 aliphatic rings. The Kier molecular flexibility index (Phi) is 7.57. The number of hydrogen-bond donors (Lipinski definition) is 0. The van der Waals surface area contributed by atoms with Gasteiger partial charge in [-0.05, 0) is 38.0 Å². The van der Waals surface area contributed by atoms with Gasteiger partial charge in [-0.2, -0.15) is 0 Å². The Labute approximate surface area is 156 Å². The predicted molar refractivity (Wildman–Crippen MR) is 105 cm³/mol. The summed E-state index contributed by atoms with van der Waals surface area (Å²) in [5, 5.41) is -0.484. The summed E-state index contributed by atoms with van der Waals surface area (Å²) in [7, 11) is 0. The molecule has 1 heterocycles. The summed E-state index contributed by atoms with van der Waals surface area (Å²) in [6, 6.07) is 12.7. The van der Waals surface area contributed by atoms with Crippen LogP contribution in [0.4, 0.5) is 0 Å². The van der Waals surface area contributed by atoms with Crippen molar-refractivity contribution in [1.82, 2.24) is 9.47 Å². The van der Waals surface area contributed by atoms with E-state index in [0.717, 1.165) is 38.0 Å². The zero-order valence-corrected chi connectivity index (χ0v) is 16.3. The average molecular weight is 361 g/mol. The number of carbonyl (C=O) groups excluding carboxylic acids is 1. The second-order valence-corrected chi connectivity index (χ2v) is 7.35. The zero-order chi connectivity index (χ0) is 18.2. The second-order valence-electron chi connectivity index (χ2n) is 6.70. The van der Waals surface area contributed by atoms with Gasteiger partial charge in [0, 0.05) is 25.0 Å². The van der Waals surface area contributed by atoms with Crippen molar-refractivity contribution < 1.29 is 4.79 Å². The molecule has 4 heteroatoms. The Morgan fingerprint density at radius 3 is 2.72 bits per heavy atom. The molecule has 2 aromatic rings. The molecular formula is C21H29ClN2O. The molecule has 1 unspecified atom stereocenters. The van der Waals surface area contributed by atoms with Gasteiger partial charge in [-0.25, -0.2) is 0 Å². The maximum absolute atomic E-state index is 12.5. The smallest absolute Gasteiger partial charge is 0.240 e. The molecule has 1 atom stereocenters. The Hall–Kier alpha value is -1.74. The van der Waals surface area contributed by atoms with Gasteiger partial charge in [0.15, 0.2) is 0 Å². The number of hydrogen-bond acceptors (Lipinski definition) is 1. The van der Waals surface area contributed by atoms with E-state index < -0.39 is 5.38 Å². The molecule has 1 aromatic carbocycles. The molecule has 0 bridgehead atoms. The Bertz CT molecular complexity index is 678. The third kappa shape index (κ3) is 5.93. The lowest BCUT2D eigenvalue weighted by Crippen LogP contribution is -2.36. The fourth-order valence-electron chi connectivity index (χ4n) is 3.02. The highest BCUT2D eigenvalue weighted by molar-refractivity contribution is 6.30. The van der Waals surface area contributed by atoms with Crippen LogP contribution in [0.25, 0.3) is 0 Å². The van der Waals surface area contributed by atoms with E-state index in [0.29, 0.717) is 6.54 Å². The minimum Gasteiger partial charge on any atom is -0.345 e. The summed E-state index contributed by atoms with van der Waals surface area (Å²) in [4.78, 5) is 14.4. The minimum atomic E-state index is -0.484. The number of nitrogens with zero attached hydrogens (tertiary/aromatic N) is 2. The van der Waals surface area contributed by atoms with Crippen LogP contribution in [-0.4, -0.2) is 27.3 Å². The lowest BCUT2D eigenvalue weighted by Gasteiger charge is -2.25. The topological polar surface area (TPSA) is 25.2 Å². The van der Waals surface area contributed by atoms with Gasteiger partial charge >= 0.3 is 0 Å². The van der Waals surface area contributed by atoms with Crippen LogP contribution < -0.4 is 0 Å². The van der Waals surface area contributed by atoms with Gasteiger partial charge in [-0.15, -0.1) is 11.6 Å². The van der Waals surface area contributed by atoms with Crippen molar-refractivity contribution in [2.24, 2.45) is 0 Å². The van der Waals surface area contributed by atoms with E-state index in [1.54, 1.807) is 6.92 Å². The molecule has 0 spiro atoms. The number of aromatic nitrogens is 1. The zero-order valence-electron chi connectivity index (χ0n) is 15.5. The Morgan fingerprint density at radius 2 is 2.04 bits per heavy atom. The summed E-state index contributed by atoms with van der Waals surface area (Å²) in [6.07, 6.45) is 5.37. The number of unbranched alkanes of at least 4 members (excludes halogenated alkanes) is 2. The molecule has 3 nitrogen and oxygen atoms in total. The summed E-state index contributed by atoms with van der Waals surface area (Å²) in [6.45, 7) is 8.22. The highest BCUT2D eigenvalue weighted by Crippen LogP contribution is 2.14. The van der Waals surface area contributed by atoms with Gasteiger partial charge in [0.2, 0.25) is 5.91 Å². The molecule has 0 saturated carbocycles. The van der Waals surface area contributed by atoms with Crippen molar-refractivity contribution in [3.8, 4) is 0 Å². The molecule has 0 saturated heterocycles. The molecule has 0 aliphatic heterocycles. The summed E-state index contributed by atoms with van der Waals surface area (Å²) in [5.74, 6) is 0.0149. The minimum absolute atomic E-state index is 0.0149. The van der Waals surface area contributed by atoms with E-state index >= 15 is 0 Å². The van der Waals surface area contributed by atoms with Crippen LogP contribution in [0.3, 0.4) is 0 Å². The first-order chi connectivity index (χ1) is 12.0. The van der Waals surface area contributed by atoms with Gasteiger partial charge in [0.25, 0.3) is 0 Å². The average Bonchev–Trinajstić information content (AvgIpc) is 3.00. The van der Waals surface area contributed by atoms with Crippen LogP contribution in [0.5, 0.6) is 0 Å². The van der Waals surface area contributed by atoms with Crippen molar-refractivity contribution in [3.63, 3.8) is 0 Å². The number of rotatable bonds is 9. The molecule has 0 N–H and O–H groups in total. The quantitative estimate of drug-likeness (QED) is 0.456. The van der Waals surface area contributed by atoms with Gasteiger partial charge in [0.1, 0.15) is 5.38 Å². The third-order valence-electron chi connectivity index (χ3n) is 4.40. The van der Waals surface area contributed by atoms with Crippen LogP contribution in [0.2, 0.25) is 0 Å². The van der Waals surface area contributed by atoms with E-state index in [4.69, 9.17) is 11.6 Å². The van der Waals surface area contributed by atoms with E-state index in [-0.39, 0.29) is 5.91 Å². The maximum Gasteiger partial charge on any atom is 0.240 e. The van der Waals surface area contributed by atoms with Crippen molar-refractivity contribution in [2.45, 2.75) is 58.5 Å². The Balaban J connectivity index is 2.11. The Morgan fingerprint density at radius 1 is 1.24 bits per heavy atom. The first-order valence-electron chi connectivity index (χ1n) is 9.13. The van der Waals surface area contributed by atoms with E-state index in [2.05, 4.69) is 54.9 Å². The lowest BCUT2D eigenvalue weighted by molar-refractivity contribution is -0.131. The number of benzene rings is 1. The van der Waals surface area contributed by atoms with Crippen molar-refractivity contribution in [3.05, 3.63) is 59.4 Å². The van der Waals surface area contributed by atoms with Crippen molar-refractivity contribution in [1.29, 1.82) is 0 Å². The highest BCUT2D eigenvalue weighted by Gasteiger charge is 2.19. The van der Waals surface area contributed by atoms with Gasteiger partial charge in [-0.3, -0.25) is 4.79 Å². The first kappa shape index (κ1) is 19.6. The molecule has 0 aliphatic carbocycles. The molecule has 0 radical (unpaired) electrons. The van der Waals surface area contributed by atoms with Crippen molar-refractivity contribution >= 4 is 17.5 Å². The molecule has 0 fully saturated rings. The number of alkyl halides is 1. The lowest BCUT2D eigenvalue weighted by atomic mass is 10.1. The summed E-state index contributed by atoms with van der Waals surface area (Å²) < 4.78 is 2.22. The van der Waals surface area contributed by atoms with E-state index in [9.17, 15) is 4.79 Å². The summed E-state index contributed by atoms with van der Waals surface area (Å²) >= 11 is 6.06. The number of halogens is 1. The van der Waals surface area contributed by atoms with Crippen molar-refractivity contribution in [2.75, 3.05) is 6.54 Å². The van der Waals surface area contributed by atoms with E-state index in [1.165, 1.54) is 11.1 Å². The number of carbonyl (C=O) groups is 1. The fourth-order valence-corrected chi connectivity index (χ4v) is 3.16. The molecule has 136 valence electrons. The fraction of sp³-hybridized carbons (Fsp3) is 0.476. The van der Waals surface area contributed by atoms with Crippen LogP contribution in [0, 0.1) is 6.92 Å². The molecule has 25 heavy (non-hydrogen) atoms. The third-order valence-corrected chi connectivity index (χ3v) is 4.58. The van der Waals surface area contributed by atoms with Gasteiger partial charge in [-0.1, -0.05) is 49.6 Å². The molecular weight excluding hydrogens is 332 g/mol. The van der Waals surface area contributed by atoms with Crippen LogP contribution in [0.15, 0.2) is 42.6 Å². The number of aryl methyl sites for hydroxylation is 1. The largest absolute Gasteiger partial charge is 0.345 e. The standard InChI is InChI=1S/C21H29ClN2O/c1-4-5-6-12-24(21(25)18(3)22)16-20-11-8-13-23(20)15-19-10-7-9-17(2)14-19/h7-11,13-14,18H,4-6,12,15-16H2,1-3H3. The normalized spacial score (nSPS) is 12.2. The maximum atomic E-state index is 12.5. The number of amides is 1. The summed E-state index contributed by atoms with van der Waals surface area (Å²) in [5.41, 5.74) is 3.68. The van der Waals surface area contributed by atoms with Gasteiger partial charge < -0.3 is 9.47 Å². The van der Waals surface area contributed by atoms with E-state index in [1.807, 2.05) is 11.0 Å². The van der Waals surface area contributed by atoms with Gasteiger partial charge in [0.05, 0.1) is 6.54 Å².